The minimum atomic E-state index is -3.07. The van der Waals surface area contributed by atoms with Gasteiger partial charge in [0.25, 0.3) is 11.6 Å². The number of ether oxygens (including phenoxy) is 1. The first-order valence-corrected chi connectivity index (χ1v) is 18.7. The number of non-ortho nitro benzene ring substituents is 1. The van der Waals surface area contributed by atoms with Gasteiger partial charge in [-0.25, -0.2) is 0 Å². The van der Waals surface area contributed by atoms with Gasteiger partial charge in [-0.1, -0.05) is 19.1 Å². The number of carbonyl (C=O) groups excluding carboxylic acids is 3. The molecule has 0 unspecified atom stereocenters. The van der Waals surface area contributed by atoms with E-state index in [1.807, 2.05) is 31.2 Å². The molecule has 240 valence electrons. The fourth-order valence-electron chi connectivity index (χ4n) is 8.11. The summed E-state index contributed by atoms with van der Waals surface area (Å²) in [4.78, 5) is 68.5. The van der Waals surface area contributed by atoms with E-state index in [4.69, 9.17) is 4.74 Å². The number of anilines is 2. The van der Waals surface area contributed by atoms with Crippen molar-refractivity contribution in [2.45, 2.75) is 82.0 Å². The van der Waals surface area contributed by atoms with Crippen LogP contribution in [0.2, 0.25) is 18.6 Å². The predicted molar refractivity (Wildman–Crippen MR) is 168 cm³/mol. The molecule has 2 N–H and O–H groups in total. The van der Waals surface area contributed by atoms with E-state index >= 15 is 0 Å². The van der Waals surface area contributed by atoms with Crippen molar-refractivity contribution in [3.05, 3.63) is 63.7 Å². The second-order valence-electron chi connectivity index (χ2n) is 13.3. The molecule has 2 aromatic rings. The summed E-state index contributed by atoms with van der Waals surface area (Å²) in [6.07, 6.45) is 1.88. The molecule has 12 nitrogen and oxygen atoms in total. The lowest BCUT2D eigenvalue weighted by Gasteiger charge is -2.32. The number of benzene rings is 2. The second-order valence-corrected chi connectivity index (χ2v) is 17.3. The third kappa shape index (κ3) is 5.25. The van der Waals surface area contributed by atoms with Gasteiger partial charge in [0.05, 0.1) is 42.3 Å². The molecule has 0 aromatic heterocycles. The van der Waals surface area contributed by atoms with Gasteiger partial charge < -0.3 is 29.3 Å². The summed E-state index contributed by atoms with van der Waals surface area (Å²) in [6, 6.07) is 11.5. The number of carbonyl (C=O) groups is 3. The molecule has 4 aliphatic heterocycles. The molecule has 45 heavy (non-hydrogen) atoms. The predicted octanol–water partition coefficient (Wildman–Crippen LogP) is 3.44. The summed E-state index contributed by atoms with van der Waals surface area (Å²) in [7, 11) is -3.07. The highest BCUT2D eigenvalue weighted by Crippen LogP contribution is 2.60. The average Bonchev–Trinajstić information content (AvgIpc) is 3.76. The summed E-state index contributed by atoms with van der Waals surface area (Å²) < 4.78 is 6.72. The number of nitro benzene ring substituents is 1. The van der Waals surface area contributed by atoms with Crippen molar-refractivity contribution >= 4 is 43.1 Å². The van der Waals surface area contributed by atoms with Crippen LogP contribution in [0.15, 0.2) is 42.5 Å². The van der Waals surface area contributed by atoms with Gasteiger partial charge in [-0.3, -0.25) is 24.5 Å². The van der Waals surface area contributed by atoms with E-state index in [0.29, 0.717) is 37.2 Å². The molecule has 4 heterocycles. The first kappa shape index (κ1) is 31.3. The lowest BCUT2D eigenvalue weighted by atomic mass is 9.82. The van der Waals surface area contributed by atoms with Crippen LogP contribution in [0.1, 0.15) is 50.2 Å². The summed E-state index contributed by atoms with van der Waals surface area (Å²) in [5, 5.41) is 21.7. The number of hydrogen-bond acceptors (Lipinski definition) is 8. The average molecular weight is 637 g/mol. The Morgan fingerprint density at radius 3 is 2.60 bits per heavy atom. The van der Waals surface area contributed by atoms with Crippen molar-refractivity contribution in [3.8, 4) is 0 Å². The zero-order valence-electron chi connectivity index (χ0n) is 25.8. The van der Waals surface area contributed by atoms with Crippen molar-refractivity contribution in [1.29, 1.82) is 0 Å². The van der Waals surface area contributed by atoms with Gasteiger partial charge in [-0.05, 0) is 56.1 Å². The maximum Gasteiger partial charge on any atom is 0.269 e. The highest BCUT2D eigenvalue weighted by Gasteiger charge is 2.66. The van der Waals surface area contributed by atoms with Crippen LogP contribution in [0.5, 0.6) is 0 Å². The number of fused-ring (bicyclic) bond motifs is 2. The van der Waals surface area contributed by atoms with Crippen molar-refractivity contribution in [2.24, 2.45) is 5.92 Å². The standard InChI is InChI=1S/C32H40N4O8Si/c1-20-30(45(2,3)43)27(17-29(39)34-13-5-9-24(34)19-37)44-32(20)25-16-23(36(41)42)11-12-26(25)35(31(32)40)18-21-7-4-8-22(15-21)33-14-6-10-28(33)38/h4,7-8,11-12,15-16,20,24,27,30,37,43H,5-6,9-10,13-14,17-19H2,1-3H3/t20-,24-,27+,30-,32+/m0/s1. The maximum atomic E-state index is 14.7. The maximum absolute atomic E-state index is 14.7. The molecule has 13 heteroatoms. The Labute approximate surface area is 262 Å². The normalized spacial score (nSPS) is 28.1. The van der Waals surface area contributed by atoms with Crippen molar-refractivity contribution in [1.82, 2.24) is 4.90 Å². The third-order valence-corrected chi connectivity index (χ3v) is 12.6. The van der Waals surface area contributed by atoms with Gasteiger partial charge in [0.2, 0.25) is 11.8 Å². The number of amides is 3. The van der Waals surface area contributed by atoms with Crippen LogP contribution in [0, 0.1) is 16.0 Å². The van der Waals surface area contributed by atoms with E-state index in [1.54, 1.807) is 33.9 Å². The smallest absolute Gasteiger partial charge is 0.269 e. The first-order chi connectivity index (χ1) is 21.4. The van der Waals surface area contributed by atoms with Crippen molar-refractivity contribution in [2.75, 3.05) is 29.5 Å². The van der Waals surface area contributed by atoms with E-state index < -0.39 is 42.3 Å². The zero-order valence-corrected chi connectivity index (χ0v) is 26.8. The number of nitro groups is 1. The summed E-state index contributed by atoms with van der Waals surface area (Å²) >= 11 is 0. The fourth-order valence-corrected chi connectivity index (χ4v) is 10.7. The number of nitrogens with zero attached hydrogens (tertiary/aromatic N) is 4. The molecule has 0 aliphatic carbocycles. The lowest BCUT2D eigenvalue weighted by molar-refractivity contribution is -0.385. The Balaban J connectivity index is 1.39. The largest absolute Gasteiger partial charge is 0.432 e. The Kier molecular flexibility index (Phi) is 8.08. The van der Waals surface area contributed by atoms with Crippen LogP contribution in [0.25, 0.3) is 0 Å². The number of hydrogen-bond donors (Lipinski definition) is 2. The molecule has 3 amide bonds. The first-order valence-electron chi connectivity index (χ1n) is 15.7. The quantitative estimate of drug-likeness (QED) is 0.254. The molecule has 0 bridgehead atoms. The van der Waals surface area contributed by atoms with Crippen LogP contribution in [0.4, 0.5) is 17.1 Å². The molecule has 0 saturated carbocycles. The molecule has 0 radical (unpaired) electrons. The molecule has 3 saturated heterocycles. The third-order valence-electron chi connectivity index (χ3n) is 10.1. The molecule has 5 atom stereocenters. The van der Waals surface area contributed by atoms with E-state index in [9.17, 15) is 34.4 Å². The number of likely N-dealkylation sites (tertiary alicyclic amines) is 1. The molecule has 4 aliphatic rings. The molecule has 3 fully saturated rings. The SMILES string of the molecule is C[C@H]1[C@H]([Si](C)(C)O)[C@@H](CC(=O)N2CCC[C@H]2CO)O[C@]12C(=O)N(Cc1cccc(N3CCCC3=O)c1)c1ccc([N+](=O)[O-])cc12. The fraction of sp³-hybridized carbons (Fsp3) is 0.531. The highest BCUT2D eigenvalue weighted by atomic mass is 28.4. The molecular weight excluding hydrogens is 596 g/mol. The van der Waals surface area contributed by atoms with E-state index in [1.165, 1.54) is 12.1 Å². The van der Waals surface area contributed by atoms with Crippen molar-refractivity contribution < 1.29 is 33.9 Å². The van der Waals surface area contributed by atoms with Crippen LogP contribution < -0.4 is 9.80 Å². The topological polar surface area (TPSA) is 154 Å². The van der Waals surface area contributed by atoms with Crippen LogP contribution in [0.3, 0.4) is 0 Å². The van der Waals surface area contributed by atoms with Crippen LogP contribution in [-0.2, 0) is 31.3 Å². The summed E-state index contributed by atoms with van der Waals surface area (Å²) in [5.41, 5.74) is -0.00809. The number of aliphatic hydroxyl groups is 1. The van der Waals surface area contributed by atoms with Crippen LogP contribution >= 0.6 is 0 Å². The Bertz CT molecular complexity index is 1550. The molecular formula is C32H40N4O8Si. The zero-order chi connectivity index (χ0) is 32.3. The number of aliphatic hydroxyl groups excluding tert-OH is 1. The van der Waals surface area contributed by atoms with Gasteiger partial charge in [0.15, 0.2) is 13.9 Å². The monoisotopic (exact) mass is 636 g/mol. The van der Waals surface area contributed by atoms with Gasteiger partial charge in [-0.2, -0.15) is 0 Å². The molecule has 6 rings (SSSR count). The number of rotatable bonds is 8. The van der Waals surface area contributed by atoms with E-state index in [0.717, 1.165) is 24.1 Å². The Morgan fingerprint density at radius 2 is 1.93 bits per heavy atom. The minimum Gasteiger partial charge on any atom is -0.432 e. The van der Waals surface area contributed by atoms with E-state index in [-0.39, 0.29) is 43.1 Å². The van der Waals surface area contributed by atoms with Gasteiger partial charge in [0, 0.05) is 54.4 Å². The highest BCUT2D eigenvalue weighted by molar-refractivity contribution is 6.71. The Morgan fingerprint density at radius 1 is 1.16 bits per heavy atom. The van der Waals surface area contributed by atoms with Gasteiger partial charge in [-0.15, -0.1) is 0 Å². The lowest BCUT2D eigenvalue weighted by Crippen LogP contribution is -2.46. The van der Waals surface area contributed by atoms with Gasteiger partial charge >= 0.3 is 0 Å². The van der Waals surface area contributed by atoms with E-state index in [2.05, 4.69) is 0 Å². The van der Waals surface area contributed by atoms with Crippen molar-refractivity contribution in [3.63, 3.8) is 0 Å². The minimum absolute atomic E-state index is 0.0517. The van der Waals surface area contributed by atoms with Gasteiger partial charge in [0.1, 0.15) is 0 Å². The summed E-state index contributed by atoms with van der Waals surface area (Å²) in [6.45, 7) is 6.50. The summed E-state index contributed by atoms with van der Waals surface area (Å²) in [5.74, 6) is -1.16. The molecule has 1 spiro atoms. The Hall–Kier alpha value is -3.65. The molecule has 2 aromatic carbocycles. The second kappa shape index (κ2) is 11.6. The van der Waals surface area contributed by atoms with Crippen LogP contribution in [-0.4, -0.2) is 77.6 Å².